The van der Waals surface area contributed by atoms with Crippen molar-refractivity contribution >= 4 is 11.3 Å². The lowest BCUT2D eigenvalue weighted by molar-refractivity contribution is -0.185. The molecule has 1 N–H and O–H groups in total. The summed E-state index contributed by atoms with van der Waals surface area (Å²) < 4.78 is 120. The second-order valence-electron chi connectivity index (χ2n) is 10.9. The number of piperidine rings is 1. The van der Waals surface area contributed by atoms with Crippen molar-refractivity contribution in [3.63, 3.8) is 0 Å². The van der Waals surface area contributed by atoms with Crippen LogP contribution in [0.5, 0.6) is 11.5 Å². The van der Waals surface area contributed by atoms with Crippen molar-refractivity contribution in [1.82, 2.24) is 20.0 Å². The molecule has 2 aromatic heterocycles. The Morgan fingerprint density at radius 1 is 1.00 bits per heavy atom. The van der Waals surface area contributed by atoms with Gasteiger partial charge in [-0.25, -0.2) is 9.78 Å². The number of hydrogen-bond acceptors (Lipinski definition) is 8. The first-order valence-electron chi connectivity index (χ1n) is 13.9. The van der Waals surface area contributed by atoms with Crippen molar-refractivity contribution in [3.8, 4) is 22.9 Å². The van der Waals surface area contributed by atoms with E-state index in [1.807, 2.05) is 4.90 Å². The third-order valence-electron chi connectivity index (χ3n) is 7.99. The van der Waals surface area contributed by atoms with E-state index in [2.05, 4.69) is 19.4 Å². The van der Waals surface area contributed by atoms with E-state index in [0.717, 1.165) is 0 Å². The van der Waals surface area contributed by atoms with Gasteiger partial charge in [0.2, 0.25) is 0 Å². The summed E-state index contributed by atoms with van der Waals surface area (Å²) in [6, 6.07) is 3.95. The first kappa shape index (κ1) is 32.2. The van der Waals surface area contributed by atoms with Crippen LogP contribution in [0, 0.1) is 11.8 Å². The zero-order valence-corrected chi connectivity index (χ0v) is 23.8. The molecular formula is C27H28F8N4O4S. The molecule has 8 nitrogen and oxygen atoms in total. The highest BCUT2D eigenvalue weighted by molar-refractivity contribution is 7.11. The zero-order valence-electron chi connectivity index (χ0n) is 23.0. The molecule has 0 amide bonds. The molecule has 44 heavy (non-hydrogen) atoms. The van der Waals surface area contributed by atoms with Gasteiger partial charge in [-0.2, -0.15) is 35.1 Å². The Balaban J connectivity index is 1.34. The molecule has 1 aromatic carbocycles. The summed E-state index contributed by atoms with van der Waals surface area (Å²) in [4.78, 5) is 20.8. The van der Waals surface area contributed by atoms with Gasteiger partial charge in [-0.15, -0.1) is 11.3 Å². The molecule has 1 saturated heterocycles. The summed E-state index contributed by atoms with van der Waals surface area (Å²) in [6.07, 6.45) is -8.06. The van der Waals surface area contributed by atoms with Gasteiger partial charge >= 0.3 is 24.7 Å². The van der Waals surface area contributed by atoms with Gasteiger partial charge in [0.15, 0.2) is 5.82 Å². The highest BCUT2D eigenvalue weighted by atomic mass is 32.1. The minimum atomic E-state index is -4.26. The fourth-order valence-electron chi connectivity index (χ4n) is 5.59. The monoisotopic (exact) mass is 656 g/mol. The van der Waals surface area contributed by atoms with Gasteiger partial charge in [-0.05, 0) is 63.7 Å². The maximum Gasteiger partial charge on any atom is 0.439 e. The van der Waals surface area contributed by atoms with Gasteiger partial charge in [0, 0.05) is 18.5 Å². The Labute approximate surface area is 249 Å². The molecule has 1 aliphatic carbocycles. The Hall–Kier alpha value is -3.21. The molecular weight excluding hydrogens is 628 g/mol. The van der Waals surface area contributed by atoms with Crippen molar-refractivity contribution in [1.29, 1.82) is 0 Å². The van der Waals surface area contributed by atoms with E-state index in [0.29, 0.717) is 28.4 Å². The van der Waals surface area contributed by atoms with E-state index in [4.69, 9.17) is 9.72 Å². The number of halogens is 8. The fraction of sp³-hybridized carbons (Fsp3) is 0.593. The van der Waals surface area contributed by atoms with E-state index in [1.165, 1.54) is 29.5 Å². The minimum absolute atomic E-state index is 0.0148. The fourth-order valence-corrected chi connectivity index (χ4v) is 6.75. The SMILES string of the molecule is O=c1[nH]c(-c2ccc(OCc3sc([C@H]4CC[C@H](C(F)(F)F)CC4)nc3CN3CCC(C(F)(F)F)CC3)cc2OC(F)F)no1. The molecule has 0 atom stereocenters. The van der Waals surface area contributed by atoms with E-state index in [-0.39, 0.29) is 80.7 Å². The van der Waals surface area contributed by atoms with Crippen molar-refractivity contribution in [2.24, 2.45) is 11.8 Å². The molecule has 1 aliphatic heterocycles. The van der Waals surface area contributed by atoms with Gasteiger partial charge in [-0.1, -0.05) is 5.16 Å². The summed E-state index contributed by atoms with van der Waals surface area (Å²) in [5.74, 6) is -4.20. The summed E-state index contributed by atoms with van der Waals surface area (Å²) in [7, 11) is 0. The van der Waals surface area contributed by atoms with Crippen molar-refractivity contribution in [2.75, 3.05) is 13.1 Å². The van der Waals surface area contributed by atoms with Crippen LogP contribution in [0.4, 0.5) is 35.1 Å². The highest BCUT2D eigenvalue weighted by Crippen LogP contribution is 2.44. The molecule has 2 aliphatic rings. The van der Waals surface area contributed by atoms with Crippen molar-refractivity contribution in [2.45, 2.75) is 76.6 Å². The number of nitrogens with one attached hydrogen (secondary N) is 1. The lowest BCUT2D eigenvalue weighted by Gasteiger charge is -2.32. The molecule has 0 radical (unpaired) electrons. The van der Waals surface area contributed by atoms with Crippen LogP contribution in [0.3, 0.4) is 0 Å². The van der Waals surface area contributed by atoms with Crippen LogP contribution in [0.1, 0.15) is 60.0 Å². The number of hydrogen-bond donors (Lipinski definition) is 1. The standard InChI is InChI=1S/C27H28F8N4O4S/c28-24(29)42-20-11-17(5-6-18(20)22-37-25(40)43-38-22)41-13-21-19(12-39-9-7-16(8-10-39)27(33,34)35)36-23(44-21)14-1-3-15(4-2-14)26(30,31)32/h5-6,11,14-16,24H,1-4,7-10,12-13H2,(H,37,38,40)/t14-,15-. The average molecular weight is 657 g/mol. The first-order chi connectivity index (χ1) is 20.8. The smallest absolute Gasteiger partial charge is 0.439 e. The van der Waals surface area contributed by atoms with Gasteiger partial charge in [-0.3, -0.25) is 14.4 Å². The summed E-state index contributed by atoms with van der Waals surface area (Å²) in [5.41, 5.74) is 0.565. The highest BCUT2D eigenvalue weighted by Gasteiger charge is 2.43. The minimum Gasteiger partial charge on any atom is -0.488 e. The number of rotatable bonds is 9. The van der Waals surface area contributed by atoms with E-state index in [9.17, 15) is 39.9 Å². The van der Waals surface area contributed by atoms with Crippen LogP contribution in [-0.2, 0) is 13.2 Å². The van der Waals surface area contributed by atoms with Crippen LogP contribution in [-0.4, -0.2) is 52.1 Å². The van der Waals surface area contributed by atoms with Crippen LogP contribution >= 0.6 is 11.3 Å². The van der Waals surface area contributed by atoms with Gasteiger partial charge < -0.3 is 9.47 Å². The maximum absolute atomic E-state index is 13.2. The number of aromatic amines is 1. The molecule has 2 fully saturated rings. The van der Waals surface area contributed by atoms with E-state index < -0.39 is 36.6 Å². The molecule has 1 saturated carbocycles. The zero-order chi connectivity index (χ0) is 31.6. The van der Waals surface area contributed by atoms with Crippen LogP contribution < -0.4 is 15.2 Å². The number of alkyl halides is 8. The van der Waals surface area contributed by atoms with Gasteiger partial charge in [0.1, 0.15) is 18.1 Å². The van der Waals surface area contributed by atoms with Gasteiger partial charge in [0.25, 0.3) is 0 Å². The predicted octanol–water partition coefficient (Wildman–Crippen LogP) is 7.28. The lowest BCUT2D eigenvalue weighted by atomic mass is 9.82. The average Bonchev–Trinajstić information content (AvgIpc) is 3.57. The maximum atomic E-state index is 13.2. The summed E-state index contributed by atoms with van der Waals surface area (Å²) in [6.45, 7) is -2.65. The lowest BCUT2D eigenvalue weighted by Crippen LogP contribution is -2.38. The Morgan fingerprint density at radius 2 is 1.66 bits per heavy atom. The third kappa shape index (κ3) is 7.89. The van der Waals surface area contributed by atoms with E-state index >= 15 is 0 Å². The van der Waals surface area contributed by atoms with E-state index in [1.54, 1.807) is 0 Å². The molecule has 242 valence electrons. The van der Waals surface area contributed by atoms with Crippen molar-refractivity contribution < 1.29 is 49.1 Å². The molecule has 17 heteroatoms. The Morgan fingerprint density at radius 3 is 2.25 bits per heavy atom. The molecule has 3 aromatic rings. The number of H-pyrrole nitrogens is 1. The number of thiazole rings is 1. The Kier molecular flexibility index (Phi) is 9.53. The first-order valence-corrected chi connectivity index (χ1v) is 14.7. The molecule has 5 rings (SSSR count). The Bertz CT molecular complexity index is 1450. The number of benzene rings is 1. The number of aromatic nitrogens is 3. The van der Waals surface area contributed by atoms with Crippen LogP contribution in [0.2, 0.25) is 0 Å². The second-order valence-corrected chi connectivity index (χ2v) is 12.0. The molecule has 0 unspecified atom stereocenters. The van der Waals surface area contributed by atoms with Crippen LogP contribution in [0.15, 0.2) is 27.5 Å². The topological polar surface area (TPSA) is 93.5 Å². The largest absolute Gasteiger partial charge is 0.488 e. The normalized spacial score (nSPS) is 20.8. The number of ether oxygens (including phenoxy) is 2. The van der Waals surface area contributed by atoms with Crippen molar-refractivity contribution in [3.05, 3.63) is 44.3 Å². The number of likely N-dealkylation sites (tertiary alicyclic amines) is 1. The number of nitrogens with zero attached hydrogens (tertiary/aromatic N) is 3. The second kappa shape index (κ2) is 13.0. The summed E-state index contributed by atoms with van der Waals surface area (Å²) in [5, 5.41) is 4.12. The van der Waals surface area contributed by atoms with Gasteiger partial charge in [0.05, 0.1) is 33.0 Å². The molecule has 0 bridgehead atoms. The third-order valence-corrected chi connectivity index (χ3v) is 9.23. The van der Waals surface area contributed by atoms with Crippen LogP contribution in [0.25, 0.3) is 11.4 Å². The quantitative estimate of drug-likeness (QED) is 0.242. The predicted molar refractivity (Wildman–Crippen MR) is 140 cm³/mol. The molecule has 0 spiro atoms. The molecule has 3 heterocycles. The summed E-state index contributed by atoms with van der Waals surface area (Å²) >= 11 is 1.27.